The van der Waals surface area contributed by atoms with Crippen molar-refractivity contribution in [1.29, 1.82) is 0 Å². The molecule has 0 spiro atoms. The summed E-state index contributed by atoms with van der Waals surface area (Å²) < 4.78 is 10.1. The van der Waals surface area contributed by atoms with E-state index in [1.165, 1.54) is 13.2 Å². The molecule has 1 aromatic rings. The van der Waals surface area contributed by atoms with Gasteiger partial charge < -0.3 is 9.47 Å². The molecule has 1 unspecified atom stereocenters. The largest absolute Gasteiger partial charge is 0.468 e. The van der Waals surface area contributed by atoms with Crippen LogP contribution in [-0.2, 0) is 20.7 Å². The number of benzene rings is 1. The highest BCUT2D eigenvalue weighted by molar-refractivity contribution is 5.75. The van der Waals surface area contributed by atoms with Crippen molar-refractivity contribution in [3.8, 4) is 0 Å². The van der Waals surface area contributed by atoms with E-state index >= 15 is 0 Å². The summed E-state index contributed by atoms with van der Waals surface area (Å²) >= 11 is 0. The minimum absolute atomic E-state index is 0.111. The molecular weight excluding hydrogens is 276 g/mol. The van der Waals surface area contributed by atoms with Crippen molar-refractivity contribution in [3.05, 3.63) is 39.9 Å². The van der Waals surface area contributed by atoms with E-state index in [1.54, 1.807) is 18.2 Å². The predicted octanol–water partition coefficient (Wildman–Crippen LogP) is 1.01. The Morgan fingerprint density at radius 1 is 1.52 bits per heavy atom. The monoisotopic (exact) mass is 294 g/mol. The third-order valence-corrected chi connectivity index (χ3v) is 3.57. The van der Waals surface area contributed by atoms with Crippen LogP contribution in [0.2, 0.25) is 0 Å². The molecule has 1 heterocycles. The minimum Gasteiger partial charge on any atom is -0.468 e. The number of hydrogen-bond acceptors (Lipinski definition) is 6. The molecule has 1 aromatic carbocycles. The van der Waals surface area contributed by atoms with Gasteiger partial charge in [0.1, 0.15) is 6.04 Å². The highest BCUT2D eigenvalue weighted by atomic mass is 16.6. The van der Waals surface area contributed by atoms with E-state index in [4.69, 9.17) is 9.47 Å². The van der Waals surface area contributed by atoms with E-state index in [9.17, 15) is 14.9 Å². The summed E-state index contributed by atoms with van der Waals surface area (Å²) in [5.74, 6) is -0.336. The molecule has 7 heteroatoms. The Morgan fingerprint density at radius 2 is 2.29 bits per heavy atom. The Balaban J connectivity index is 2.04. The Labute approximate surface area is 122 Å². The molecule has 0 aromatic heterocycles. The number of carbonyl (C=O) groups is 1. The van der Waals surface area contributed by atoms with Gasteiger partial charge in [-0.2, -0.15) is 0 Å². The molecule has 114 valence electrons. The summed E-state index contributed by atoms with van der Waals surface area (Å²) in [6.07, 6.45) is 0.505. The second kappa shape index (κ2) is 7.14. The fourth-order valence-electron chi connectivity index (χ4n) is 2.42. The van der Waals surface area contributed by atoms with Crippen LogP contribution in [0.15, 0.2) is 24.3 Å². The van der Waals surface area contributed by atoms with Gasteiger partial charge in [-0.05, 0) is 6.42 Å². The lowest BCUT2D eigenvalue weighted by Crippen LogP contribution is -2.51. The molecule has 0 bridgehead atoms. The lowest BCUT2D eigenvalue weighted by atomic mass is 10.1. The summed E-state index contributed by atoms with van der Waals surface area (Å²) in [4.78, 5) is 24.3. The minimum atomic E-state index is -0.438. The van der Waals surface area contributed by atoms with Gasteiger partial charge in [0.2, 0.25) is 0 Å². The average molecular weight is 294 g/mol. The number of methoxy groups -OCH3 is 1. The first kappa shape index (κ1) is 15.4. The Kier molecular flexibility index (Phi) is 5.24. The van der Waals surface area contributed by atoms with E-state index in [-0.39, 0.29) is 16.6 Å². The van der Waals surface area contributed by atoms with Gasteiger partial charge in [0.05, 0.1) is 25.2 Å². The van der Waals surface area contributed by atoms with E-state index in [2.05, 4.69) is 0 Å². The quantitative estimate of drug-likeness (QED) is 0.458. The van der Waals surface area contributed by atoms with Gasteiger partial charge in [-0.1, -0.05) is 18.2 Å². The van der Waals surface area contributed by atoms with Crippen LogP contribution in [0.1, 0.15) is 5.56 Å². The van der Waals surface area contributed by atoms with Crippen LogP contribution in [0, 0.1) is 10.1 Å². The molecule has 21 heavy (non-hydrogen) atoms. The fourth-order valence-corrected chi connectivity index (χ4v) is 2.42. The smallest absolute Gasteiger partial charge is 0.325 e. The predicted molar refractivity (Wildman–Crippen MR) is 75.0 cm³/mol. The van der Waals surface area contributed by atoms with Crippen LogP contribution in [0.4, 0.5) is 5.69 Å². The molecule has 2 rings (SSSR count). The van der Waals surface area contributed by atoms with E-state index in [0.29, 0.717) is 38.3 Å². The topological polar surface area (TPSA) is 81.9 Å². The second-order valence-corrected chi connectivity index (χ2v) is 4.79. The van der Waals surface area contributed by atoms with Crippen LogP contribution in [0.5, 0.6) is 0 Å². The van der Waals surface area contributed by atoms with Gasteiger partial charge in [0.15, 0.2) is 0 Å². The normalized spacial score (nSPS) is 19.2. The fraction of sp³-hybridized carbons (Fsp3) is 0.500. The molecule has 0 radical (unpaired) electrons. The molecule has 0 aliphatic carbocycles. The molecule has 1 aliphatic heterocycles. The summed E-state index contributed by atoms with van der Waals surface area (Å²) in [5, 5.41) is 11.0. The molecule has 0 saturated carbocycles. The number of hydrogen-bond donors (Lipinski definition) is 0. The van der Waals surface area contributed by atoms with Crippen molar-refractivity contribution in [2.75, 3.05) is 33.4 Å². The van der Waals surface area contributed by atoms with Gasteiger partial charge in [0.25, 0.3) is 5.69 Å². The first-order chi connectivity index (χ1) is 10.1. The highest BCUT2D eigenvalue weighted by Crippen LogP contribution is 2.19. The van der Waals surface area contributed by atoms with E-state index in [1.807, 2.05) is 4.90 Å². The number of ether oxygens (including phenoxy) is 2. The third kappa shape index (κ3) is 3.77. The zero-order valence-corrected chi connectivity index (χ0v) is 11.9. The standard InChI is InChI=1S/C14H18N2O5/c1-20-14(17)13-10-21-9-8-15(13)7-6-11-4-2-3-5-12(11)16(18)19/h2-5,13H,6-10H2,1H3. The number of nitrogens with zero attached hydrogens (tertiary/aromatic N) is 2. The van der Waals surface area contributed by atoms with Gasteiger partial charge in [-0.3, -0.25) is 19.8 Å². The number of morpholine rings is 1. The van der Waals surface area contributed by atoms with Crippen LogP contribution in [0.25, 0.3) is 0 Å². The Bertz CT molecular complexity index is 520. The van der Waals surface area contributed by atoms with E-state index < -0.39 is 6.04 Å². The molecule has 1 fully saturated rings. The number of esters is 1. The van der Waals surface area contributed by atoms with Crippen molar-refractivity contribution in [1.82, 2.24) is 4.90 Å². The van der Waals surface area contributed by atoms with Crippen molar-refractivity contribution in [3.63, 3.8) is 0 Å². The third-order valence-electron chi connectivity index (χ3n) is 3.57. The summed E-state index contributed by atoms with van der Waals surface area (Å²) in [5.41, 5.74) is 0.776. The van der Waals surface area contributed by atoms with Gasteiger partial charge >= 0.3 is 5.97 Å². The zero-order valence-electron chi connectivity index (χ0n) is 11.9. The van der Waals surface area contributed by atoms with E-state index in [0.717, 1.165) is 0 Å². The van der Waals surface area contributed by atoms with Gasteiger partial charge in [0, 0.05) is 24.7 Å². The number of para-hydroxylation sites is 1. The molecule has 1 atom stereocenters. The number of carbonyl (C=O) groups excluding carboxylic acids is 1. The van der Waals surface area contributed by atoms with Gasteiger partial charge in [-0.25, -0.2) is 0 Å². The molecule has 0 N–H and O–H groups in total. The maximum absolute atomic E-state index is 11.7. The zero-order chi connectivity index (χ0) is 15.2. The summed E-state index contributed by atoms with van der Waals surface area (Å²) in [6.45, 7) is 2.00. The summed E-state index contributed by atoms with van der Waals surface area (Å²) in [6, 6.07) is 6.22. The second-order valence-electron chi connectivity index (χ2n) is 4.79. The van der Waals surface area contributed by atoms with Crippen LogP contribution >= 0.6 is 0 Å². The molecule has 7 nitrogen and oxygen atoms in total. The average Bonchev–Trinajstić information content (AvgIpc) is 2.52. The molecule has 1 aliphatic rings. The Morgan fingerprint density at radius 3 is 3.00 bits per heavy atom. The lowest BCUT2D eigenvalue weighted by Gasteiger charge is -2.33. The highest BCUT2D eigenvalue weighted by Gasteiger charge is 2.30. The van der Waals surface area contributed by atoms with Gasteiger partial charge in [-0.15, -0.1) is 0 Å². The van der Waals surface area contributed by atoms with Crippen LogP contribution in [-0.4, -0.2) is 55.2 Å². The van der Waals surface area contributed by atoms with Crippen LogP contribution < -0.4 is 0 Å². The number of rotatable bonds is 5. The summed E-state index contributed by atoms with van der Waals surface area (Å²) in [7, 11) is 1.34. The molecular formula is C14H18N2O5. The van der Waals surface area contributed by atoms with Crippen molar-refractivity contribution >= 4 is 11.7 Å². The maximum atomic E-state index is 11.7. The first-order valence-corrected chi connectivity index (χ1v) is 6.75. The number of nitro groups is 1. The van der Waals surface area contributed by atoms with Crippen LogP contribution in [0.3, 0.4) is 0 Å². The SMILES string of the molecule is COC(=O)C1COCCN1CCc1ccccc1[N+](=O)[O-]. The number of nitro benzene ring substituents is 1. The first-order valence-electron chi connectivity index (χ1n) is 6.75. The van der Waals surface area contributed by atoms with Crippen molar-refractivity contribution < 1.29 is 19.2 Å². The van der Waals surface area contributed by atoms with Crippen molar-refractivity contribution in [2.24, 2.45) is 0 Å². The molecule has 1 saturated heterocycles. The lowest BCUT2D eigenvalue weighted by molar-refractivity contribution is -0.385. The van der Waals surface area contributed by atoms with Crippen molar-refractivity contribution in [2.45, 2.75) is 12.5 Å². The maximum Gasteiger partial charge on any atom is 0.325 e. The molecule has 0 amide bonds. The Hall–Kier alpha value is -1.99.